The van der Waals surface area contributed by atoms with Crippen molar-refractivity contribution in [3.63, 3.8) is 0 Å². The number of nitrogens with zero attached hydrogens (tertiary/aromatic N) is 3. The number of thiazole rings is 1. The number of aromatic nitrogens is 1. The molecule has 0 bridgehead atoms. The molecule has 3 aromatic carbocycles. The fourth-order valence-corrected chi connectivity index (χ4v) is 7.10. The van der Waals surface area contributed by atoms with Crippen LogP contribution < -0.4 is 4.80 Å². The van der Waals surface area contributed by atoms with Gasteiger partial charge >= 0.3 is 0 Å². The fraction of sp³-hybridized carbons (Fsp3) is 0.280. The third kappa shape index (κ3) is 4.09. The van der Waals surface area contributed by atoms with Crippen LogP contribution in [0.1, 0.15) is 24.2 Å². The van der Waals surface area contributed by atoms with Gasteiger partial charge in [-0.2, -0.15) is 9.30 Å². The van der Waals surface area contributed by atoms with Crippen LogP contribution in [0.5, 0.6) is 0 Å². The van der Waals surface area contributed by atoms with Crippen molar-refractivity contribution < 1.29 is 17.9 Å². The Balaban J connectivity index is 1.45. The van der Waals surface area contributed by atoms with Crippen LogP contribution in [0.3, 0.4) is 0 Å². The second-order valence-corrected chi connectivity index (χ2v) is 11.5. The van der Waals surface area contributed by atoms with Crippen LogP contribution in [0.4, 0.5) is 0 Å². The molecular weight excluding hydrogens is 470 g/mol. The molecule has 0 N–H and O–H groups in total. The molecule has 34 heavy (non-hydrogen) atoms. The number of carbonyl (C=O) groups excluding carboxylic acids is 1. The van der Waals surface area contributed by atoms with Crippen LogP contribution in [-0.2, 0) is 21.8 Å². The number of carbonyl (C=O) groups is 1. The van der Waals surface area contributed by atoms with E-state index in [4.69, 9.17) is 4.74 Å². The largest absolute Gasteiger partial charge is 0.373 e. The van der Waals surface area contributed by atoms with Gasteiger partial charge in [-0.05, 0) is 49.6 Å². The van der Waals surface area contributed by atoms with Crippen LogP contribution in [0.25, 0.3) is 21.0 Å². The molecule has 0 spiro atoms. The number of hydrogen-bond donors (Lipinski definition) is 0. The molecule has 0 radical (unpaired) electrons. The Labute approximate surface area is 202 Å². The number of amides is 1. The van der Waals surface area contributed by atoms with Gasteiger partial charge in [0.05, 0.1) is 27.3 Å². The van der Waals surface area contributed by atoms with Crippen molar-refractivity contribution in [3.8, 4) is 0 Å². The molecule has 1 amide bonds. The maximum atomic E-state index is 13.1. The van der Waals surface area contributed by atoms with Gasteiger partial charge in [0, 0.05) is 31.1 Å². The molecule has 1 fully saturated rings. The van der Waals surface area contributed by atoms with Gasteiger partial charge in [-0.25, -0.2) is 8.42 Å². The second-order valence-electron chi connectivity index (χ2n) is 8.60. The Morgan fingerprint density at radius 3 is 2.38 bits per heavy atom. The van der Waals surface area contributed by atoms with E-state index in [9.17, 15) is 13.2 Å². The lowest BCUT2D eigenvalue weighted by Gasteiger charge is -2.34. The molecule has 0 aliphatic carbocycles. The molecule has 176 valence electrons. The topological polar surface area (TPSA) is 81.0 Å². The van der Waals surface area contributed by atoms with E-state index >= 15 is 0 Å². The van der Waals surface area contributed by atoms with E-state index in [1.54, 1.807) is 0 Å². The number of sulfonamides is 1. The van der Waals surface area contributed by atoms with Crippen LogP contribution in [0.15, 0.2) is 70.6 Å². The first-order valence-electron chi connectivity index (χ1n) is 11.1. The minimum Gasteiger partial charge on any atom is -0.373 e. The smallest absolute Gasteiger partial charge is 0.279 e. The van der Waals surface area contributed by atoms with Crippen molar-refractivity contribution in [1.82, 2.24) is 8.87 Å². The SMILES string of the molecule is C[C@H]1CN(S(=O)(=O)c2ccc(C(=O)N=c3sc4c5ccccc5ccc4n3C)cc2)C[C@H](C)O1. The van der Waals surface area contributed by atoms with Gasteiger partial charge in [-0.3, -0.25) is 4.79 Å². The van der Waals surface area contributed by atoms with Gasteiger partial charge in [0.1, 0.15) is 0 Å². The first-order valence-corrected chi connectivity index (χ1v) is 13.3. The Kier molecular flexibility index (Phi) is 5.89. The Hall–Kier alpha value is -2.85. The molecule has 9 heteroatoms. The molecule has 2 heterocycles. The molecule has 7 nitrogen and oxygen atoms in total. The number of rotatable bonds is 3. The molecule has 4 aromatic rings. The highest BCUT2D eigenvalue weighted by Gasteiger charge is 2.32. The maximum Gasteiger partial charge on any atom is 0.279 e. The second kappa shape index (κ2) is 8.74. The zero-order chi connectivity index (χ0) is 24.0. The highest BCUT2D eigenvalue weighted by molar-refractivity contribution is 7.89. The highest BCUT2D eigenvalue weighted by Crippen LogP contribution is 2.27. The summed E-state index contributed by atoms with van der Waals surface area (Å²) in [7, 11) is -1.78. The summed E-state index contributed by atoms with van der Waals surface area (Å²) in [6, 6.07) is 18.2. The number of fused-ring (bicyclic) bond motifs is 3. The zero-order valence-corrected chi connectivity index (χ0v) is 20.8. The predicted octanol–water partition coefficient (Wildman–Crippen LogP) is 3.93. The van der Waals surface area contributed by atoms with Crippen molar-refractivity contribution in [3.05, 3.63) is 71.0 Å². The van der Waals surface area contributed by atoms with Crippen molar-refractivity contribution in [2.24, 2.45) is 12.0 Å². The summed E-state index contributed by atoms with van der Waals surface area (Å²) in [4.78, 5) is 18.0. The highest BCUT2D eigenvalue weighted by atomic mass is 32.2. The van der Waals surface area contributed by atoms with Gasteiger partial charge < -0.3 is 9.30 Å². The molecular formula is C25H25N3O4S2. The lowest BCUT2D eigenvalue weighted by atomic mass is 10.1. The average Bonchev–Trinajstić information content (AvgIpc) is 3.14. The molecule has 1 aliphatic heterocycles. The first-order chi connectivity index (χ1) is 16.2. The van der Waals surface area contributed by atoms with Crippen LogP contribution >= 0.6 is 11.3 Å². The van der Waals surface area contributed by atoms with Crippen molar-refractivity contribution in [2.75, 3.05) is 13.1 Å². The molecule has 0 saturated carbocycles. The lowest BCUT2D eigenvalue weighted by molar-refractivity contribution is -0.0440. The summed E-state index contributed by atoms with van der Waals surface area (Å²) < 4.78 is 36.2. The van der Waals surface area contributed by atoms with E-state index in [1.165, 1.54) is 39.9 Å². The lowest BCUT2D eigenvalue weighted by Crippen LogP contribution is -2.48. The van der Waals surface area contributed by atoms with E-state index in [0.717, 1.165) is 21.0 Å². The summed E-state index contributed by atoms with van der Waals surface area (Å²) in [6.07, 6.45) is -0.338. The van der Waals surface area contributed by atoms with Crippen LogP contribution in [0.2, 0.25) is 0 Å². The van der Waals surface area contributed by atoms with Gasteiger partial charge in [-0.1, -0.05) is 41.7 Å². The third-order valence-electron chi connectivity index (χ3n) is 6.02. The maximum absolute atomic E-state index is 13.1. The summed E-state index contributed by atoms with van der Waals surface area (Å²) in [5.41, 5.74) is 1.34. The van der Waals surface area contributed by atoms with E-state index in [0.29, 0.717) is 23.5 Å². The average molecular weight is 496 g/mol. The Bertz CT molecular complexity index is 1560. The van der Waals surface area contributed by atoms with Gasteiger partial charge in [0.25, 0.3) is 5.91 Å². The molecule has 1 aromatic heterocycles. The summed E-state index contributed by atoms with van der Waals surface area (Å²) in [5.74, 6) is -0.413. The van der Waals surface area contributed by atoms with E-state index in [2.05, 4.69) is 23.2 Å². The number of benzene rings is 3. The number of morpholine rings is 1. The van der Waals surface area contributed by atoms with E-state index < -0.39 is 15.9 Å². The molecule has 1 saturated heterocycles. The minimum atomic E-state index is -3.66. The molecule has 1 aliphatic rings. The first kappa shape index (κ1) is 22.9. The van der Waals surface area contributed by atoms with Crippen molar-refractivity contribution >= 4 is 48.3 Å². The summed E-state index contributed by atoms with van der Waals surface area (Å²) in [5, 5.41) is 2.26. The van der Waals surface area contributed by atoms with E-state index in [1.807, 2.05) is 43.7 Å². The summed E-state index contributed by atoms with van der Waals surface area (Å²) in [6.45, 7) is 4.33. The number of hydrogen-bond acceptors (Lipinski definition) is 5. The number of aryl methyl sites for hydroxylation is 1. The van der Waals surface area contributed by atoms with Gasteiger partial charge in [-0.15, -0.1) is 0 Å². The van der Waals surface area contributed by atoms with E-state index in [-0.39, 0.29) is 17.1 Å². The van der Waals surface area contributed by atoms with Gasteiger partial charge in [0.2, 0.25) is 10.0 Å². The Morgan fingerprint density at radius 2 is 1.68 bits per heavy atom. The quantitative estimate of drug-likeness (QED) is 0.431. The molecule has 2 atom stereocenters. The van der Waals surface area contributed by atoms with Crippen LogP contribution in [-0.4, -0.2) is 48.5 Å². The van der Waals surface area contributed by atoms with Crippen molar-refractivity contribution in [2.45, 2.75) is 31.0 Å². The number of ether oxygens (including phenoxy) is 1. The fourth-order valence-electron chi connectivity index (χ4n) is 4.36. The van der Waals surface area contributed by atoms with Gasteiger partial charge in [0.15, 0.2) is 4.80 Å². The van der Waals surface area contributed by atoms with Crippen molar-refractivity contribution in [1.29, 1.82) is 0 Å². The minimum absolute atomic E-state index is 0.157. The standard InChI is InChI=1S/C25H25N3O4S2/c1-16-14-28(15-17(2)32-16)34(30,31)20-11-8-19(9-12-20)24(29)26-25-27(3)22-13-10-18-6-4-5-7-21(18)23(22)33-25/h4-13,16-17H,14-15H2,1-3H3/t16-,17-/m0/s1. The predicted molar refractivity (Wildman–Crippen MR) is 133 cm³/mol. The Morgan fingerprint density at radius 1 is 1.00 bits per heavy atom. The monoisotopic (exact) mass is 495 g/mol. The normalized spacial score (nSPS) is 20.3. The third-order valence-corrected chi connectivity index (χ3v) is 9.05. The molecule has 5 rings (SSSR count). The molecule has 0 unspecified atom stereocenters. The van der Waals surface area contributed by atoms with Crippen LogP contribution in [0, 0.1) is 0 Å². The summed E-state index contributed by atoms with van der Waals surface area (Å²) >= 11 is 1.46. The zero-order valence-electron chi connectivity index (χ0n) is 19.1.